The van der Waals surface area contributed by atoms with Gasteiger partial charge < -0.3 is 14.8 Å². The van der Waals surface area contributed by atoms with Crippen molar-refractivity contribution in [2.24, 2.45) is 7.05 Å². The number of rotatable bonds is 5. The maximum Gasteiger partial charge on any atom is 0.224 e. The summed E-state index contributed by atoms with van der Waals surface area (Å²) in [7, 11) is 2.00. The van der Waals surface area contributed by atoms with Crippen molar-refractivity contribution < 1.29 is 4.79 Å². The molecular formula is C21H25N5O. The van der Waals surface area contributed by atoms with Gasteiger partial charge in [0.2, 0.25) is 5.91 Å². The molecule has 1 aromatic carbocycles. The first-order chi connectivity index (χ1) is 13.2. The van der Waals surface area contributed by atoms with Crippen molar-refractivity contribution in [3.63, 3.8) is 0 Å². The second-order valence-electron chi connectivity index (χ2n) is 7.11. The van der Waals surface area contributed by atoms with E-state index in [4.69, 9.17) is 0 Å². The number of nitrogens with zero attached hydrogens (tertiary/aromatic N) is 4. The van der Waals surface area contributed by atoms with Crippen LogP contribution in [0.15, 0.2) is 42.7 Å². The number of carbonyl (C=O) groups is 1. The van der Waals surface area contributed by atoms with Gasteiger partial charge in [-0.05, 0) is 37.0 Å². The van der Waals surface area contributed by atoms with Gasteiger partial charge in [0.1, 0.15) is 11.6 Å². The van der Waals surface area contributed by atoms with Crippen molar-refractivity contribution in [2.75, 3.05) is 18.0 Å². The second-order valence-corrected chi connectivity index (χ2v) is 7.11. The van der Waals surface area contributed by atoms with Gasteiger partial charge in [-0.15, -0.1) is 0 Å². The molecule has 2 aromatic heterocycles. The highest BCUT2D eigenvalue weighted by Gasteiger charge is 2.14. The standard InChI is InChI=1S/C21H25N5O/c1-25-15-16(17-7-3-4-8-18(17)25)13-21(27)23-14-19-22-10-9-20(24-19)26-11-5-2-6-12-26/h3-4,7-10,15H,2,5-6,11-14H2,1H3,(H,23,27). The first kappa shape index (κ1) is 17.5. The molecule has 3 aromatic rings. The van der Waals surface area contributed by atoms with Crippen LogP contribution >= 0.6 is 0 Å². The normalized spacial score (nSPS) is 14.5. The van der Waals surface area contributed by atoms with Gasteiger partial charge in [0.25, 0.3) is 0 Å². The van der Waals surface area contributed by atoms with Crippen LogP contribution in [0, 0.1) is 0 Å². The summed E-state index contributed by atoms with van der Waals surface area (Å²) in [5, 5.41) is 4.08. The van der Waals surface area contributed by atoms with E-state index in [0.29, 0.717) is 18.8 Å². The third-order valence-electron chi connectivity index (χ3n) is 5.14. The van der Waals surface area contributed by atoms with E-state index in [1.807, 2.05) is 31.4 Å². The van der Waals surface area contributed by atoms with Crippen molar-refractivity contribution in [1.82, 2.24) is 19.9 Å². The molecule has 6 heteroatoms. The maximum absolute atomic E-state index is 12.4. The van der Waals surface area contributed by atoms with Gasteiger partial charge in [0.15, 0.2) is 0 Å². The lowest BCUT2D eigenvalue weighted by molar-refractivity contribution is -0.120. The number of fused-ring (bicyclic) bond motifs is 1. The summed E-state index contributed by atoms with van der Waals surface area (Å²) in [4.78, 5) is 23.7. The fraction of sp³-hybridized carbons (Fsp3) is 0.381. The lowest BCUT2D eigenvalue weighted by atomic mass is 10.1. The summed E-state index contributed by atoms with van der Waals surface area (Å²) in [6, 6.07) is 10.1. The Hall–Kier alpha value is -2.89. The van der Waals surface area contributed by atoms with Crippen molar-refractivity contribution in [1.29, 1.82) is 0 Å². The van der Waals surface area contributed by atoms with E-state index in [2.05, 4.69) is 36.9 Å². The lowest BCUT2D eigenvalue weighted by Gasteiger charge is -2.27. The topological polar surface area (TPSA) is 63.1 Å². The zero-order chi connectivity index (χ0) is 18.6. The van der Waals surface area contributed by atoms with Gasteiger partial charge in [-0.3, -0.25) is 4.79 Å². The minimum Gasteiger partial charge on any atom is -0.357 e. The molecule has 4 rings (SSSR count). The number of para-hydroxylation sites is 1. The van der Waals surface area contributed by atoms with Crippen LogP contribution in [0.3, 0.4) is 0 Å². The van der Waals surface area contributed by atoms with Crippen LogP contribution in [0.4, 0.5) is 5.82 Å². The Kier molecular flexibility index (Phi) is 5.05. The Morgan fingerprint density at radius 2 is 1.96 bits per heavy atom. The van der Waals surface area contributed by atoms with Crippen LogP contribution < -0.4 is 10.2 Å². The number of hydrogen-bond donors (Lipinski definition) is 1. The summed E-state index contributed by atoms with van der Waals surface area (Å²) in [5.74, 6) is 1.60. The molecule has 6 nitrogen and oxygen atoms in total. The molecule has 0 spiro atoms. The average molecular weight is 363 g/mol. The molecule has 0 unspecified atom stereocenters. The first-order valence-electron chi connectivity index (χ1n) is 9.57. The van der Waals surface area contributed by atoms with Crippen LogP contribution in [0.25, 0.3) is 10.9 Å². The predicted octanol–water partition coefficient (Wildman–Crippen LogP) is 2.82. The van der Waals surface area contributed by atoms with Gasteiger partial charge in [-0.25, -0.2) is 9.97 Å². The van der Waals surface area contributed by atoms with E-state index < -0.39 is 0 Å². The van der Waals surface area contributed by atoms with E-state index in [0.717, 1.165) is 35.4 Å². The average Bonchev–Trinajstić information content (AvgIpc) is 3.03. The van der Waals surface area contributed by atoms with Crippen LogP contribution in [0.1, 0.15) is 30.7 Å². The van der Waals surface area contributed by atoms with Crippen LogP contribution in [0.2, 0.25) is 0 Å². The highest BCUT2D eigenvalue weighted by molar-refractivity contribution is 5.89. The third kappa shape index (κ3) is 3.94. The summed E-state index contributed by atoms with van der Waals surface area (Å²) in [5.41, 5.74) is 2.17. The smallest absolute Gasteiger partial charge is 0.224 e. The Bertz CT molecular complexity index is 943. The van der Waals surface area contributed by atoms with E-state index >= 15 is 0 Å². The number of carbonyl (C=O) groups excluding carboxylic acids is 1. The van der Waals surface area contributed by atoms with Crippen molar-refractivity contribution >= 4 is 22.6 Å². The first-order valence-corrected chi connectivity index (χ1v) is 9.57. The molecule has 1 fully saturated rings. The minimum absolute atomic E-state index is 0.0154. The summed E-state index contributed by atoms with van der Waals surface area (Å²) >= 11 is 0. The molecule has 27 heavy (non-hydrogen) atoms. The molecule has 0 aliphatic carbocycles. The Labute approximate surface area is 159 Å². The van der Waals surface area contributed by atoms with Crippen LogP contribution in [0.5, 0.6) is 0 Å². The lowest BCUT2D eigenvalue weighted by Crippen LogP contribution is -2.31. The minimum atomic E-state index is -0.0154. The van der Waals surface area contributed by atoms with E-state index in [1.165, 1.54) is 19.3 Å². The van der Waals surface area contributed by atoms with Gasteiger partial charge >= 0.3 is 0 Å². The summed E-state index contributed by atoms with van der Waals surface area (Å²) in [6.45, 7) is 2.44. The van der Waals surface area contributed by atoms with Gasteiger partial charge in [0.05, 0.1) is 13.0 Å². The third-order valence-corrected chi connectivity index (χ3v) is 5.14. The highest BCUT2D eigenvalue weighted by Crippen LogP contribution is 2.21. The van der Waals surface area contributed by atoms with Crippen molar-refractivity contribution in [2.45, 2.75) is 32.2 Å². The molecule has 0 saturated carbocycles. The molecular weight excluding hydrogens is 338 g/mol. The Balaban J connectivity index is 1.39. The quantitative estimate of drug-likeness (QED) is 0.757. The Morgan fingerprint density at radius 1 is 1.15 bits per heavy atom. The fourth-order valence-electron chi connectivity index (χ4n) is 3.75. The van der Waals surface area contributed by atoms with Crippen molar-refractivity contribution in [3.05, 3.63) is 54.1 Å². The number of aryl methyl sites for hydroxylation is 1. The molecule has 1 aliphatic rings. The zero-order valence-corrected chi connectivity index (χ0v) is 15.7. The number of hydrogen-bond acceptors (Lipinski definition) is 4. The Morgan fingerprint density at radius 3 is 2.81 bits per heavy atom. The van der Waals surface area contributed by atoms with E-state index in [1.54, 1.807) is 6.20 Å². The molecule has 0 radical (unpaired) electrons. The number of benzene rings is 1. The number of nitrogens with one attached hydrogen (secondary N) is 1. The fourth-order valence-corrected chi connectivity index (χ4v) is 3.75. The monoisotopic (exact) mass is 363 g/mol. The highest BCUT2D eigenvalue weighted by atomic mass is 16.1. The van der Waals surface area contributed by atoms with Crippen LogP contribution in [-0.4, -0.2) is 33.5 Å². The van der Waals surface area contributed by atoms with Gasteiger partial charge in [0, 0.05) is 43.4 Å². The van der Waals surface area contributed by atoms with Crippen molar-refractivity contribution in [3.8, 4) is 0 Å². The molecule has 1 saturated heterocycles. The summed E-state index contributed by atoms with van der Waals surface area (Å²) in [6.07, 6.45) is 7.87. The number of aromatic nitrogens is 3. The largest absolute Gasteiger partial charge is 0.357 e. The number of piperidine rings is 1. The second kappa shape index (κ2) is 7.78. The molecule has 1 amide bonds. The molecule has 0 atom stereocenters. The zero-order valence-electron chi connectivity index (χ0n) is 15.7. The van der Waals surface area contributed by atoms with E-state index in [-0.39, 0.29) is 5.91 Å². The van der Waals surface area contributed by atoms with Gasteiger partial charge in [-0.2, -0.15) is 0 Å². The molecule has 140 valence electrons. The summed E-state index contributed by atoms with van der Waals surface area (Å²) < 4.78 is 2.06. The molecule has 1 aliphatic heterocycles. The molecule has 0 bridgehead atoms. The number of amides is 1. The number of anilines is 1. The molecule has 1 N–H and O–H groups in total. The predicted molar refractivity (Wildman–Crippen MR) is 107 cm³/mol. The SMILES string of the molecule is Cn1cc(CC(=O)NCc2nccc(N3CCCCC3)n2)c2ccccc21. The van der Waals surface area contributed by atoms with Gasteiger partial charge in [-0.1, -0.05) is 18.2 Å². The maximum atomic E-state index is 12.4. The van der Waals surface area contributed by atoms with E-state index in [9.17, 15) is 4.79 Å². The molecule has 3 heterocycles. The van der Waals surface area contributed by atoms with Crippen LogP contribution in [-0.2, 0) is 24.8 Å².